The topological polar surface area (TPSA) is 58.6 Å². The molecule has 1 heterocycles. The first kappa shape index (κ1) is 12.8. The molecule has 102 valence electrons. The van der Waals surface area contributed by atoms with E-state index in [2.05, 4.69) is 5.32 Å². The minimum Gasteiger partial charge on any atom is -0.480 e. The lowest BCUT2D eigenvalue weighted by Crippen LogP contribution is -2.50. The second-order valence-corrected chi connectivity index (χ2v) is 5.79. The summed E-state index contributed by atoms with van der Waals surface area (Å²) in [6.07, 6.45) is 2.55. The molecule has 1 fully saturated rings. The third-order valence-corrected chi connectivity index (χ3v) is 4.10. The van der Waals surface area contributed by atoms with Gasteiger partial charge in [-0.05, 0) is 43.0 Å². The molecule has 1 aliphatic carbocycles. The summed E-state index contributed by atoms with van der Waals surface area (Å²) in [5.74, 6) is 0.541. The van der Waals surface area contributed by atoms with Crippen molar-refractivity contribution in [3.05, 3.63) is 28.8 Å². The van der Waals surface area contributed by atoms with Crippen LogP contribution in [0.25, 0.3) is 0 Å². The quantitative estimate of drug-likeness (QED) is 0.886. The van der Waals surface area contributed by atoms with Crippen LogP contribution in [0.15, 0.2) is 18.2 Å². The van der Waals surface area contributed by atoms with E-state index in [9.17, 15) is 9.90 Å². The number of carbonyl (C=O) groups is 1. The first-order valence-electron chi connectivity index (χ1n) is 6.51. The lowest BCUT2D eigenvalue weighted by atomic mass is 9.80. The summed E-state index contributed by atoms with van der Waals surface area (Å²) in [5, 5.41) is 13.4. The van der Waals surface area contributed by atoms with Crippen LogP contribution in [0, 0.1) is 0 Å². The Hall–Kier alpha value is -1.26. The molecule has 0 bridgehead atoms. The summed E-state index contributed by atoms with van der Waals surface area (Å²) >= 11 is 5.91. The monoisotopic (exact) mass is 281 g/mol. The molecule has 1 aromatic carbocycles. The number of amides is 1. The summed E-state index contributed by atoms with van der Waals surface area (Å²) in [5.41, 5.74) is 0.250. The number of nitrogens with one attached hydrogen (secondary N) is 1. The Kier molecular flexibility index (Phi) is 3.15. The van der Waals surface area contributed by atoms with Crippen molar-refractivity contribution in [2.45, 2.75) is 37.4 Å². The Morgan fingerprint density at radius 1 is 1.53 bits per heavy atom. The zero-order chi connectivity index (χ0) is 13.5. The third kappa shape index (κ3) is 2.55. The van der Waals surface area contributed by atoms with Crippen LogP contribution in [-0.2, 0) is 11.2 Å². The van der Waals surface area contributed by atoms with Gasteiger partial charge in [0.25, 0.3) is 5.91 Å². The van der Waals surface area contributed by atoms with Gasteiger partial charge >= 0.3 is 0 Å². The van der Waals surface area contributed by atoms with Crippen molar-refractivity contribution in [3.8, 4) is 5.75 Å². The van der Waals surface area contributed by atoms with Crippen molar-refractivity contribution in [2.24, 2.45) is 0 Å². The van der Waals surface area contributed by atoms with Crippen molar-refractivity contribution in [1.29, 1.82) is 0 Å². The second kappa shape index (κ2) is 4.69. The van der Waals surface area contributed by atoms with E-state index in [1.807, 2.05) is 6.07 Å². The maximum atomic E-state index is 12.0. The highest BCUT2D eigenvalue weighted by atomic mass is 35.5. The second-order valence-electron chi connectivity index (χ2n) is 5.36. The van der Waals surface area contributed by atoms with Gasteiger partial charge in [-0.3, -0.25) is 4.79 Å². The highest BCUT2D eigenvalue weighted by Gasteiger charge is 2.36. The van der Waals surface area contributed by atoms with E-state index in [4.69, 9.17) is 16.3 Å². The number of rotatable bonds is 3. The lowest BCUT2D eigenvalue weighted by Gasteiger charge is -2.36. The molecule has 3 rings (SSSR count). The number of halogens is 1. The van der Waals surface area contributed by atoms with Crippen molar-refractivity contribution in [3.63, 3.8) is 0 Å². The number of carbonyl (C=O) groups excluding carboxylic acids is 1. The number of benzene rings is 1. The molecule has 0 radical (unpaired) electrons. The van der Waals surface area contributed by atoms with Crippen LogP contribution >= 0.6 is 11.6 Å². The predicted octanol–water partition coefficient (Wildman–Crippen LogP) is 1.67. The highest BCUT2D eigenvalue weighted by Crippen LogP contribution is 2.32. The summed E-state index contributed by atoms with van der Waals surface area (Å²) in [4.78, 5) is 12.0. The Morgan fingerprint density at radius 3 is 3.00 bits per heavy atom. The molecule has 1 unspecified atom stereocenters. The van der Waals surface area contributed by atoms with E-state index in [-0.39, 0.29) is 5.91 Å². The molecule has 2 aliphatic rings. The summed E-state index contributed by atoms with van der Waals surface area (Å²) in [6.45, 7) is 0.308. The molecular weight excluding hydrogens is 266 g/mol. The molecule has 1 atom stereocenters. The molecule has 0 aromatic heterocycles. The third-order valence-electron chi connectivity index (χ3n) is 3.87. The number of hydrogen-bond donors (Lipinski definition) is 2. The minimum absolute atomic E-state index is 0.173. The van der Waals surface area contributed by atoms with Gasteiger partial charge in [-0.25, -0.2) is 0 Å². The molecule has 0 saturated heterocycles. The molecule has 1 saturated carbocycles. The molecular formula is C14H16ClNO3. The normalized spacial score (nSPS) is 23.2. The van der Waals surface area contributed by atoms with Crippen LogP contribution in [0.5, 0.6) is 5.75 Å². The number of ether oxygens (including phenoxy) is 1. The summed E-state index contributed by atoms with van der Waals surface area (Å²) < 4.78 is 5.59. The molecule has 0 spiro atoms. The number of fused-ring (bicyclic) bond motifs is 1. The van der Waals surface area contributed by atoms with Gasteiger partial charge < -0.3 is 15.2 Å². The first-order valence-corrected chi connectivity index (χ1v) is 6.89. The van der Waals surface area contributed by atoms with Gasteiger partial charge in [0.1, 0.15) is 5.75 Å². The zero-order valence-corrected chi connectivity index (χ0v) is 11.2. The molecule has 1 aromatic rings. The van der Waals surface area contributed by atoms with Gasteiger partial charge in [-0.15, -0.1) is 0 Å². The van der Waals surface area contributed by atoms with Crippen LogP contribution < -0.4 is 10.1 Å². The van der Waals surface area contributed by atoms with Crippen LogP contribution in [0.4, 0.5) is 0 Å². The maximum Gasteiger partial charge on any atom is 0.261 e. The van der Waals surface area contributed by atoms with Gasteiger partial charge in [0, 0.05) is 18.0 Å². The van der Waals surface area contributed by atoms with E-state index in [1.54, 1.807) is 12.1 Å². The van der Waals surface area contributed by atoms with Gasteiger partial charge in [0.2, 0.25) is 0 Å². The SMILES string of the molecule is O=C(NCC1(O)CCC1)C1Cc2cc(Cl)ccc2O1. The first-order chi connectivity index (χ1) is 9.06. The Bertz CT molecular complexity index is 513. The van der Waals surface area contributed by atoms with Gasteiger partial charge in [-0.1, -0.05) is 11.6 Å². The van der Waals surface area contributed by atoms with E-state index >= 15 is 0 Å². The molecule has 19 heavy (non-hydrogen) atoms. The standard InChI is InChI=1S/C14H16ClNO3/c15-10-2-3-11-9(6-10)7-12(19-11)13(17)16-8-14(18)4-1-5-14/h2-3,6,12,18H,1,4-5,7-8H2,(H,16,17). The molecule has 5 heteroatoms. The highest BCUT2D eigenvalue weighted by molar-refractivity contribution is 6.30. The van der Waals surface area contributed by atoms with Crippen LogP contribution in [0.3, 0.4) is 0 Å². The van der Waals surface area contributed by atoms with Crippen LogP contribution in [-0.4, -0.2) is 29.3 Å². The maximum absolute atomic E-state index is 12.0. The number of aliphatic hydroxyl groups is 1. The fourth-order valence-electron chi connectivity index (χ4n) is 2.49. The molecule has 1 aliphatic heterocycles. The molecule has 4 nitrogen and oxygen atoms in total. The zero-order valence-electron chi connectivity index (χ0n) is 10.5. The Morgan fingerprint density at radius 2 is 2.32 bits per heavy atom. The predicted molar refractivity (Wildman–Crippen MR) is 71.4 cm³/mol. The summed E-state index contributed by atoms with van der Waals surface area (Å²) in [7, 11) is 0. The average Bonchev–Trinajstić information content (AvgIpc) is 2.76. The molecule has 1 amide bonds. The van der Waals surface area contributed by atoms with Crippen molar-refractivity contribution in [1.82, 2.24) is 5.32 Å². The summed E-state index contributed by atoms with van der Waals surface area (Å²) in [6, 6.07) is 5.35. The van der Waals surface area contributed by atoms with Gasteiger partial charge in [0.15, 0.2) is 6.10 Å². The molecule has 2 N–H and O–H groups in total. The number of hydrogen-bond acceptors (Lipinski definition) is 3. The van der Waals surface area contributed by atoms with E-state index in [0.29, 0.717) is 23.7 Å². The van der Waals surface area contributed by atoms with Crippen molar-refractivity contribution in [2.75, 3.05) is 6.54 Å². The van der Waals surface area contributed by atoms with Crippen molar-refractivity contribution < 1.29 is 14.6 Å². The largest absolute Gasteiger partial charge is 0.480 e. The van der Waals surface area contributed by atoms with E-state index in [0.717, 1.165) is 24.8 Å². The Balaban J connectivity index is 1.58. The lowest BCUT2D eigenvalue weighted by molar-refractivity contribution is -0.129. The Labute approximate surface area is 116 Å². The average molecular weight is 282 g/mol. The fraction of sp³-hybridized carbons (Fsp3) is 0.500. The van der Waals surface area contributed by atoms with Crippen molar-refractivity contribution >= 4 is 17.5 Å². The smallest absolute Gasteiger partial charge is 0.261 e. The van der Waals surface area contributed by atoms with Crippen LogP contribution in [0.2, 0.25) is 5.02 Å². The fourth-order valence-corrected chi connectivity index (χ4v) is 2.69. The van der Waals surface area contributed by atoms with Gasteiger partial charge in [-0.2, -0.15) is 0 Å². The van der Waals surface area contributed by atoms with Gasteiger partial charge in [0.05, 0.1) is 5.60 Å². The van der Waals surface area contributed by atoms with E-state index in [1.165, 1.54) is 0 Å². The van der Waals surface area contributed by atoms with E-state index < -0.39 is 11.7 Å². The minimum atomic E-state index is -0.704. The van der Waals surface area contributed by atoms with Crippen LogP contribution in [0.1, 0.15) is 24.8 Å².